The molecule has 0 spiro atoms. The van der Waals surface area contributed by atoms with Crippen LogP contribution < -0.4 is 16.2 Å². The summed E-state index contributed by atoms with van der Waals surface area (Å²) in [6.07, 6.45) is 7.84. The number of hydrogen-bond acceptors (Lipinski definition) is 1. The van der Waals surface area contributed by atoms with Crippen LogP contribution in [0.4, 0.5) is 0 Å². The molecule has 2 aromatic rings. The third-order valence-electron chi connectivity index (χ3n) is 2.86. The summed E-state index contributed by atoms with van der Waals surface area (Å²) in [5.41, 5.74) is 5.69. The van der Waals surface area contributed by atoms with Crippen molar-refractivity contribution < 1.29 is 0 Å². The van der Waals surface area contributed by atoms with Gasteiger partial charge in [-0.2, -0.15) is 0 Å². The fourth-order valence-corrected chi connectivity index (χ4v) is 1.98. The molecule has 0 heterocycles. The Morgan fingerprint density at radius 1 is 0.833 bits per heavy atom. The zero-order valence-corrected chi connectivity index (χ0v) is 10.5. The molecule has 1 nitrogen and oxygen atoms in total. The van der Waals surface area contributed by atoms with Gasteiger partial charge in [0.25, 0.3) is 0 Å². The molecule has 0 atom stereocenters. The van der Waals surface area contributed by atoms with Crippen LogP contribution >= 0.6 is 0 Å². The molecule has 0 saturated heterocycles. The Kier molecular flexibility index (Phi) is 3.98. The van der Waals surface area contributed by atoms with E-state index in [0.29, 0.717) is 0 Å². The number of allylic oxidation sites excluding steroid dienone is 2. The van der Waals surface area contributed by atoms with Gasteiger partial charge in [0.05, 0.1) is 0 Å². The zero-order valence-electron chi connectivity index (χ0n) is 10.5. The Bertz CT molecular complexity index is 755. The zero-order chi connectivity index (χ0) is 12.8. The average Bonchev–Trinajstić information content (AvgIpc) is 2.45. The third kappa shape index (κ3) is 2.51. The molecular formula is C17H17N. The van der Waals surface area contributed by atoms with Gasteiger partial charge >= 0.3 is 0 Å². The molecule has 0 aromatic heterocycles. The highest BCUT2D eigenvalue weighted by atomic mass is 14.5. The van der Waals surface area contributed by atoms with Crippen LogP contribution in [0.2, 0.25) is 0 Å². The molecule has 2 rings (SSSR count). The van der Waals surface area contributed by atoms with E-state index in [1.807, 2.05) is 43.3 Å². The molecule has 0 aliphatic carbocycles. The van der Waals surface area contributed by atoms with E-state index in [1.165, 1.54) is 10.4 Å². The fourth-order valence-electron chi connectivity index (χ4n) is 1.98. The molecule has 0 fully saturated rings. The molecule has 0 amide bonds. The Labute approximate surface area is 107 Å². The van der Waals surface area contributed by atoms with Crippen LogP contribution in [0.25, 0.3) is 12.3 Å². The molecule has 0 aliphatic heterocycles. The summed E-state index contributed by atoms with van der Waals surface area (Å²) < 4.78 is 0. The first kappa shape index (κ1) is 12.2. The van der Waals surface area contributed by atoms with Crippen molar-refractivity contribution in [3.63, 3.8) is 0 Å². The average molecular weight is 235 g/mol. The van der Waals surface area contributed by atoms with E-state index in [4.69, 9.17) is 5.73 Å². The molecular weight excluding hydrogens is 218 g/mol. The summed E-state index contributed by atoms with van der Waals surface area (Å²) in [7, 11) is 0. The predicted molar refractivity (Wildman–Crippen MR) is 77.7 cm³/mol. The Balaban J connectivity index is 3.04. The Morgan fingerprint density at radius 2 is 1.39 bits per heavy atom. The maximum Gasteiger partial charge on any atom is 0.00178 e. The minimum Gasteiger partial charge on any atom is -0.404 e. The van der Waals surface area contributed by atoms with Gasteiger partial charge < -0.3 is 5.73 Å². The molecule has 0 bridgehead atoms. The number of hydrogen-bond donors (Lipinski definition) is 1. The van der Waals surface area contributed by atoms with Gasteiger partial charge in [-0.1, -0.05) is 66.8 Å². The summed E-state index contributed by atoms with van der Waals surface area (Å²) in [5.74, 6) is 0. The van der Waals surface area contributed by atoms with Crippen molar-refractivity contribution in [2.24, 2.45) is 5.73 Å². The van der Waals surface area contributed by atoms with Gasteiger partial charge in [0, 0.05) is 6.20 Å². The topological polar surface area (TPSA) is 26.0 Å². The van der Waals surface area contributed by atoms with E-state index in [0.717, 1.165) is 10.4 Å². The lowest BCUT2D eigenvalue weighted by atomic mass is 10.1. The second-order valence-corrected chi connectivity index (χ2v) is 4.03. The van der Waals surface area contributed by atoms with Gasteiger partial charge in [-0.25, -0.2) is 0 Å². The number of nitrogens with two attached hydrogens (primary N) is 1. The molecule has 18 heavy (non-hydrogen) atoms. The molecule has 0 unspecified atom stereocenters. The van der Waals surface area contributed by atoms with Crippen molar-refractivity contribution >= 4 is 12.3 Å². The Morgan fingerprint density at radius 3 is 2.00 bits per heavy atom. The van der Waals surface area contributed by atoms with E-state index < -0.39 is 0 Å². The van der Waals surface area contributed by atoms with E-state index in [2.05, 4.69) is 30.3 Å². The van der Waals surface area contributed by atoms with Crippen LogP contribution in [-0.4, -0.2) is 0 Å². The summed E-state index contributed by atoms with van der Waals surface area (Å²) >= 11 is 0. The Hall–Kier alpha value is -2.28. The lowest BCUT2D eigenvalue weighted by Gasteiger charge is -1.93. The van der Waals surface area contributed by atoms with E-state index >= 15 is 0 Å². The lowest BCUT2D eigenvalue weighted by molar-refractivity contribution is 1.39. The SMILES string of the molecule is C/C=C/C=c1/cccc/c1=c1\cccc\c1=C/N. The first-order valence-corrected chi connectivity index (χ1v) is 6.06. The second kappa shape index (κ2) is 5.87. The van der Waals surface area contributed by atoms with E-state index in [9.17, 15) is 0 Å². The van der Waals surface area contributed by atoms with Crippen LogP contribution in [0.1, 0.15) is 6.92 Å². The maximum absolute atomic E-state index is 5.69. The first-order chi connectivity index (χ1) is 8.86. The van der Waals surface area contributed by atoms with Gasteiger partial charge in [0.2, 0.25) is 0 Å². The van der Waals surface area contributed by atoms with E-state index in [1.54, 1.807) is 6.20 Å². The van der Waals surface area contributed by atoms with Gasteiger partial charge in [0.15, 0.2) is 0 Å². The van der Waals surface area contributed by atoms with Crippen molar-refractivity contribution in [1.29, 1.82) is 0 Å². The minimum atomic E-state index is 1.05. The highest BCUT2D eigenvalue weighted by Gasteiger charge is 1.88. The van der Waals surface area contributed by atoms with Gasteiger partial charge in [-0.05, 0) is 27.8 Å². The fraction of sp³-hybridized carbons (Fsp3) is 0.0588. The van der Waals surface area contributed by atoms with Crippen molar-refractivity contribution in [1.82, 2.24) is 0 Å². The third-order valence-corrected chi connectivity index (χ3v) is 2.86. The normalized spacial score (nSPS) is 15.4. The van der Waals surface area contributed by atoms with Crippen molar-refractivity contribution in [3.8, 4) is 0 Å². The molecule has 0 aliphatic rings. The standard InChI is InChI=1S/C17H17N/c1-2-3-8-14-9-4-6-11-16(14)17-12-7-5-10-15(17)13-18/h2-13H,18H2,1H3/b3-2+,14-8-,15-13+,17-16-. The van der Waals surface area contributed by atoms with Crippen LogP contribution in [0, 0.1) is 10.4 Å². The summed E-state index contributed by atoms with van der Waals surface area (Å²) in [6.45, 7) is 2.01. The highest BCUT2D eigenvalue weighted by Crippen LogP contribution is 1.89. The lowest BCUT2D eigenvalue weighted by Crippen LogP contribution is -2.10. The van der Waals surface area contributed by atoms with Gasteiger partial charge in [-0.3, -0.25) is 0 Å². The van der Waals surface area contributed by atoms with Crippen molar-refractivity contribution in [2.75, 3.05) is 0 Å². The largest absolute Gasteiger partial charge is 0.404 e. The van der Waals surface area contributed by atoms with Crippen molar-refractivity contribution in [2.45, 2.75) is 6.92 Å². The number of rotatable bonds is 1. The van der Waals surface area contributed by atoms with Crippen LogP contribution in [0.5, 0.6) is 0 Å². The first-order valence-electron chi connectivity index (χ1n) is 6.06. The van der Waals surface area contributed by atoms with Crippen LogP contribution in [-0.2, 0) is 0 Å². The summed E-state index contributed by atoms with van der Waals surface area (Å²) in [5, 5.41) is 4.62. The predicted octanol–water partition coefficient (Wildman–Crippen LogP) is 2.03. The highest BCUT2D eigenvalue weighted by molar-refractivity contribution is 5.38. The molecule has 2 N–H and O–H groups in total. The molecule has 2 aromatic carbocycles. The smallest absolute Gasteiger partial charge is 0.00178 e. The van der Waals surface area contributed by atoms with Gasteiger partial charge in [-0.15, -0.1) is 0 Å². The maximum atomic E-state index is 5.69. The second-order valence-electron chi connectivity index (χ2n) is 4.03. The molecule has 1 heteroatoms. The monoisotopic (exact) mass is 235 g/mol. The van der Waals surface area contributed by atoms with Crippen LogP contribution in [0.3, 0.4) is 0 Å². The molecule has 0 saturated carbocycles. The van der Waals surface area contributed by atoms with Gasteiger partial charge in [0.1, 0.15) is 0 Å². The van der Waals surface area contributed by atoms with Crippen molar-refractivity contribution in [3.05, 3.63) is 81.6 Å². The quantitative estimate of drug-likeness (QED) is 0.804. The number of benzene rings is 2. The minimum absolute atomic E-state index is 1.05. The summed E-state index contributed by atoms with van der Waals surface area (Å²) in [6, 6.07) is 16.5. The van der Waals surface area contributed by atoms with E-state index in [-0.39, 0.29) is 0 Å². The summed E-state index contributed by atoms with van der Waals surface area (Å²) in [4.78, 5) is 0. The molecule has 90 valence electrons. The molecule has 0 radical (unpaired) electrons. The van der Waals surface area contributed by atoms with Crippen LogP contribution in [0.15, 0.2) is 60.7 Å².